The van der Waals surface area contributed by atoms with E-state index in [0.717, 1.165) is 36.6 Å². The molecule has 34 heavy (non-hydrogen) atoms. The molecule has 1 aliphatic rings. The Balaban J connectivity index is 1.46. The first-order chi connectivity index (χ1) is 16.4. The quantitative estimate of drug-likeness (QED) is 0.458. The molecule has 1 aromatic heterocycles. The number of hydrogen-bond donors (Lipinski definition) is 1. The Hall–Kier alpha value is -2.74. The lowest BCUT2D eigenvalue weighted by Crippen LogP contribution is -2.43. The zero-order valence-corrected chi connectivity index (χ0v) is 20.1. The average molecular weight is 504 g/mol. The van der Waals surface area contributed by atoms with Gasteiger partial charge in [0.1, 0.15) is 23.1 Å². The third-order valence-corrected chi connectivity index (χ3v) is 6.92. The lowest BCUT2D eigenvalue weighted by Gasteiger charge is -2.41. The summed E-state index contributed by atoms with van der Waals surface area (Å²) in [6.07, 6.45) is 3.72. The molecule has 0 aliphatic carbocycles. The molecular weight excluding hydrogens is 480 g/mol. The zero-order chi connectivity index (χ0) is 24.3. The minimum Gasteiger partial charge on any atom is -0.497 e. The van der Waals surface area contributed by atoms with Crippen LogP contribution in [0.4, 0.5) is 10.2 Å². The highest BCUT2D eigenvalue weighted by atomic mass is 35.5. The van der Waals surface area contributed by atoms with Crippen molar-refractivity contribution >= 4 is 34.8 Å². The highest BCUT2D eigenvalue weighted by molar-refractivity contribution is 6.37. The lowest BCUT2D eigenvalue weighted by molar-refractivity contribution is 0.0960. The van der Waals surface area contributed by atoms with Crippen LogP contribution < -0.4 is 9.64 Å². The van der Waals surface area contributed by atoms with Crippen LogP contribution in [0.5, 0.6) is 5.75 Å². The number of piperidine rings is 1. The summed E-state index contributed by atoms with van der Waals surface area (Å²) in [5.41, 5.74) is 0.469. The van der Waals surface area contributed by atoms with E-state index in [4.69, 9.17) is 27.9 Å². The van der Waals surface area contributed by atoms with Crippen LogP contribution in [0.1, 0.15) is 34.5 Å². The summed E-state index contributed by atoms with van der Waals surface area (Å²) >= 11 is 12.3. The predicted molar refractivity (Wildman–Crippen MR) is 130 cm³/mol. The Labute approximate surface area is 207 Å². The largest absolute Gasteiger partial charge is 0.497 e. The summed E-state index contributed by atoms with van der Waals surface area (Å²) < 4.78 is 19.4. The number of carbonyl (C=O) groups is 1. The van der Waals surface area contributed by atoms with E-state index < -0.39 is 11.6 Å². The molecule has 1 fully saturated rings. The van der Waals surface area contributed by atoms with Crippen molar-refractivity contribution in [1.82, 2.24) is 9.97 Å². The fourth-order valence-corrected chi connectivity index (χ4v) is 4.74. The summed E-state index contributed by atoms with van der Waals surface area (Å²) in [6, 6.07) is 11.9. The molecule has 1 aliphatic heterocycles. The van der Waals surface area contributed by atoms with E-state index in [2.05, 4.69) is 9.97 Å². The third kappa shape index (κ3) is 5.02. The summed E-state index contributed by atoms with van der Waals surface area (Å²) in [6.45, 7) is 1.37. The summed E-state index contributed by atoms with van der Waals surface area (Å²) in [7, 11) is 1.63. The van der Waals surface area contributed by atoms with Crippen LogP contribution in [0.3, 0.4) is 0 Å². The number of halogens is 3. The van der Waals surface area contributed by atoms with Crippen LogP contribution in [0.25, 0.3) is 0 Å². The highest BCUT2D eigenvalue weighted by Gasteiger charge is 2.35. The Bertz CT molecular complexity index is 1160. The molecule has 4 rings (SSSR count). The molecule has 178 valence electrons. The van der Waals surface area contributed by atoms with Gasteiger partial charge in [0.05, 0.1) is 23.9 Å². The number of aliphatic hydroxyl groups excluding tert-OH is 1. The van der Waals surface area contributed by atoms with E-state index in [1.54, 1.807) is 7.11 Å². The SMILES string of the molecule is COc1ccc(CC2(CO)CCN(c3cnc(C(=O)c4c(F)cccc4Cl)c(Cl)n3)CC2)cc1. The van der Waals surface area contributed by atoms with Gasteiger partial charge < -0.3 is 14.7 Å². The molecule has 0 atom stereocenters. The number of nitrogens with zero attached hydrogens (tertiary/aromatic N) is 3. The maximum Gasteiger partial charge on any atom is 0.218 e. The van der Waals surface area contributed by atoms with Crippen molar-refractivity contribution in [1.29, 1.82) is 0 Å². The summed E-state index contributed by atoms with van der Waals surface area (Å²) in [5, 5.41) is 10.1. The Morgan fingerprint density at radius 3 is 2.47 bits per heavy atom. The van der Waals surface area contributed by atoms with Gasteiger partial charge in [-0.2, -0.15) is 0 Å². The van der Waals surface area contributed by atoms with E-state index in [1.165, 1.54) is 18.3 Å². The molecule has 3 aromatic rings. The van der Waals surface area contributed by atoms with Gasteiger partial charge in [0.2, 0.25) is 5.78 Å². The topological polar surface area (TPSA) is 75.6 Å². The maximum atomic E-state index is 14.2. The van der Waals surface area contributed by atoms with Crippen LogP contribution >= 0.6 is 23.2 Å². The molecule has 2 heterocycles. The van der Waals surface area contributed by atoms with Crippen molar-refractivity contribution in [2.45, 2.75) is 19.3 Å². The monoisotopic (exact) mass is 503 g/mol. The molecule has 0 bridgehead atoms. The molecule has 0 saturated carbocycles. The Kier molecular flexibility index (Phi) is 7.36. The minimum absolute atomic E-state index is 0.0137. The van der Waals surface area contributed by atoms with Gasteiger partial charge in [0.25, 0.3) is 0 Å². The molecule has 0 radical (unpaired) electrons. The van der Waals surface area contributed by atoms with Crippen molar-refractivity contribution in [3.63, 3.8) is 0 Å². The van der Waals surface area contributed by atoms with Crippen molar-refractivity contribution in [2.24, 2.45) is 5.41 Å². The van der Waals surface area contributed by atoms with Crippen LogP contribution in [-0.2, 0) is 6.42 Å². The maximum absolute atomic E-state index is 14.2. The second-order valence-corrected chi connectivity index (χ2v) is 9.23. The van der Waals surface area contributed by atoms with Crippen molar-refractivity contribution in [2.75, 3.05) is 31.7 Å². The van der Waals surface area contributed by atoms with E-state index >= 15 is 0 Å². The molecule has 0 unspecified atom stereocenters. The number of rotatable bonds is 7. The standard InChI is InChI=1S/C25H24Cl2FN3O3/c1-34-17-7-5-16(6-8-17)13-25(15-32)9-11-31(12-10-25)20-14-29-22(24(27)30-20)23(33)21-18(26)3-2-4-19(21)28/h2-8,14,32H,9-13,15H2,1H3. The Morgan fingerprint density at radius 2 is 1.88 bits per heavy atom. The van der Waals surface area contributed by atoms with Crippen LogP contribution in [0.2, 0.25) is 10.2 Å². The van der Waals surface area contributed by atoms with E-state index in [9.17, 15) is 14.3 Å². The van der Waals surface area contributed by atoms with E-state index in [0.29, 0.717) is 18.9 Å². The Morgan fingerprint density at radius 1 is 1.18 bits per heavy atom. The van der Waals surface area contributed by atoms with E-state index in [-0.39, 0.29) is 33.5 Å². The van der Waals surface area contributed by atoms with Crippen LogP contribution in [0, 0.1) is 11.2 Å². The molecule has 0 spiro atoms. The van der Waals surface area contributed by atoms with Crippen molar-refractivity contribution < 1.29 is 19.0 Å². The summed E-state index contributed by atoms with van der Waals surface area (Å²) in [5.74, 6) is -0.138. The molecule has 9 heteroatoms. The van der Waals surface area contributed by atoms with Crippen molar-refractivity contribution in [3.8, 4) is 5.75 Å². The number of carbonyl (C=O) groups excluding carboxylic acids is 1. The second-order valence-electron chi connectivity index (χ2n) is 8.46. The zero-order valence-electron chi connectivity index (χ0n) is 18.6. The normalized spacial score (nSPS) is 15.3. The molecule has 1 saturated heterocycles. The minimum atomic E-state index is -0.743. The second kappa shape index (κ2) is 10.3. The number of benzene rings is 2. The first-order valence-electron chi connectivity index (χ1n) is 10.9. The third-order valence-electron chi connectivity index (χ3n) is 6.34. The molecule has 1 N–H and O–H groups in total. The van der Waals surface area contributed by atoms with Gasteiger partial charge in [-0.05, 0) is 49.1 Å². The average Bonchev–Trinajstić information content (AvgIpc) is 2.84. The molecule has 6 nitrogen and oxygen atoms in total. The summed E-state index contributed by atoms with van der Waals surface area (Å²) in [4.78, 5) is 23.3. The van der Waals surface area contributed by atoms with E-state index in [1.807, 2.05) is 29.2 Å². The number of aliphatic hydroxyl groups is 1. The number of ketones is 1. The molecule has 0 amide bonds. The predicted octanol–water partition coefficient (Wildman–Crippen LogP) is 4.98. The van der Waals surface area contributed by atoms with Gasteiger partial charge in [0.15, 0.2) is 5.15 Å². The first-order valence-corrected chi connectivity index (χ1v) is 11.6. The van der Waals surface area contributed by atoms with Gasteiger partial charge in [0, 0.05) is 25.1 Å². The molecule has 2 aromatic carbocycles. The number of aromatic nitrogens is 2. The fraction of sp³-hybridized carbons (Fsp3) is 0.320. The number of methoxy groups -OCH3 is 1. The number of ether oxygens (including phenoxy) is 1. The van der Waals surface area contributed by atoms with Gasteiger partial charge in [-0.15, -0.1) is 0 Å². The van der Waals surface area contributed by atoms with Crippen LogP contribution in [0.15, 0.2) is 48.7 Å². The van der Waals surface area contributed by atoms with Gasteiger partial charge in [-0.1, -0.05) is 41.4 Å². The van der Waals surface area contributed by atoms with Gasteiger partial charge in [-0.3, -0.25) is 4.79 Å². The van der Waals surface area contributed by atoms with Crippen LogP contribution in [-0.4, -0.2) is 47.7 Å². The number of hydrogen-bond acceptors (Lipinski definition) is 6. The van der Waals surface area contributed by atoms with Gasteiger partial charge in [-0.25, -0.2) is 14.4 Å². The van der Waals surface area contributed by atoms with Gasteiger partial charge >= 0.3 is 0 Å². The first kappa shape index (κ1) is 24.4. The fourth-order valence-electron chi connectivity index (χ4n) is 4.27. The smallest absolute Gasteiger partial charge is 0.218 e. The highest BCUT2D eigenvalue weighted by Crippen LogP contribution is 2.36. The lowest BCUT2D eigenvalue weighted by atomic mass is 9.74. The molecular formula is C25H24Cl2FN3O3. The van der Waals surface area contributed by atoms with Crippen molar-refractivity contribution in [3.05, 3.63) is 81.5 Å². The number of anilines is 1.